The number of aliphatic hydroxyl groups excluding tert-OH is 1. The molecule has 1 aromatic carbocycles. The predicted molar refractivity (Wildman–Crippen MR) is 85.9 cm³/mol. The van der Waals surface area contributed by atoms with Crippen LogP contribution in [0.2, 0.25) is 0 Å². The molecule has 0 aromatic heterocycles. The minimum Gasteiger partial charge on any atom is -0.395 e. The summed E-state index contributed by atoms with van der Waals surface area (Å²) in [6.07, 6.45) is 0.879. The van der Waals surface area contributed by atoms with E-state index in [0.717, 1.165) is 12.0 Å². The zero-order valence-corrected chi connectivity index (χ0v) is 13.6. The molecule has 1 unspecified atom stereocenters. The van der Waals surface area contributed by atoms with Crippen molar-refractivity contribution in [3.63, 3.8) is 0 Å². The van der Waals surface area contributed by atoms with Crippen molar-refractivity contribution in [1.82, 2.24) is 10.2 Å². The molecule has 0 saturated carbocycles. The zero-order valence-electron chi connectivity index (χ0n) is 13.6. The molecule has 1 amide bonds. The predicted octanol–water partition coefficient (Wildman–Crippen LogP) is 2.17. The molecule has 0 aliphatic heterocycles. The Morgan fingerprint density at radius 1 is 1.33 bits per heavy atom. The van der Waals surface area contributed by atoms with Crippen molar-refractivity contribution in [2.75, 3.05) is 13.2 Å². The summed E-state index contributed by atoms with van der Waals surface area (Å²) in [5.74, 6) is 0.00577. The van der Waals surface area contributed by atoms with E-state index >= 15 is 0 Å². The molecule has 0 radical (unpaired) electrons. The lowest BCUT2D eigenvalue weighted by Gasteiger charge is -2.32. The van der Waals surface area contributed by atoms with E-state index in [4.69, 9.17) is 0 Å². The molecular formula is C17H28N2O2. The van der Waals surface area contributed by atoms with Gasteiger partial charge in [0.05, 0.1) is 12.6 Å². The number of hydrogen-bond acceptors (Lipinski definition) is 3. The van der Waals surface area contributed by atoms with Gasteiger partial charge in [0.1, 0.15) is 0 Å². The Morgan fingerprint density at radius 3 is 2.48 bits per heavy atom. The number of nitrogens with zero attached hydrogens (tertiary/aromatic N) is 1. The minimum atomic E-state index is -0.275. The van der Waals surface area contributed by atoms with Gasteiger partial charge in [0.2, 0.25) is 5.91 Å². The number of rotatable bonds is 8. The smallest absolute Gasteiger partial charge is 0.237 e. The highest BCUT2D eigenvalue weighted by molar-refractivity contribution is 5.82. The second kappa shape index (κ2) is 8.15. The molecule has 0 aliphatic carbocycles. The average molecular weight is 292 g/mol. The van der Waals surface area contributed by atoms with Crippen LogP contribution < -0.4 is 5.32 Å². The maximum absolute atomic E-state index is 12.4. The highest BCUT2D eigenvalue weighted by atomic mass is 16.3. The van der Waals surface area contributed by atoms with E-state index in [1.54, 1.807) is 0 Å². The molecule has 1 rings (SSSR count). The van der Waals surface area contributed by atoms with Crippen molar-refractivity contribution in [1.29, 1.82) is 0 Å². The van der Waals surface area contributed by atoms with Gasteiger partial charge in [-0.1, -0.05) is 37.3 Å². The summed E-state index contributed by atoms with van der Waals surface area (Å²) in [7, 11) is 0. The third-order valence-corrected chi connectivity index (χ3v) is 3.89. The molecule has 1 atom stereocenters. The maximum Gasteiger partial charge on any atom is 0.237 e. The summed E-state index contributed by atoms with van der Waals surface area (Å²) < 4.78 is 0. The van der Waals surface area contributed by atoms with Gasteiger partial charge in [-0.3, -0.25) is 9.69 Å². The van der Waals surface area contributed by atoms with Crippen LogP contribution in [0.3, 0.4) is 0 Å². The SMILES string of the molecule is CCC(C)(C)NC(=O)C(C)N(CCO)Cc1ccccc1. The van der Waals surface area contributed by atoms with Crippen molar-refractivity contribution in [2.24, 2.45) is 0 Å². The number of aliphatic hydroxyl groups is 1. The second-order valence-electron chi connectivity index (χ2n) is 6.08. The number of amides is 1. The van der Waals surface area contributed by atoms with Crippen molar-refractivity contribution in [2.45, 2.75) is 52.2 Å². The van der Waals surface area contributed by atoms with Crippen LogP contribution in [0, 0.1) is 0 Å². The molecule has 1 aromatic rings. The van der Waals surface area contributed by atoms with Gasteiger partial charge in [-0.25, -0.2) is 0 Å². The van der Waals surface area contributed by atoms with Gasteiger partial charge in [0.15, 0.2) is 0 Å². The largest absolute Gasteiger partial charge is 0.395 e. The van der Waals surface area contributed by atoms with E-state index in [1.807, 2.05) is 56.0 Å². The topological polar surface area (TPSA) is 52.6 Å². The molecule has 0 bridgehead atoms. The lowest BCUT2D eigenvalue weighted by Crippen LogP contribution is -2.52. The normalized spacial score (nSPS) is 13.2. The summed E-state index contributed by atoms with van der Waals surface area (Å²) in [6, 6.07) is 9.73. The molecule has 118 valence electrons. The van der Waals surface area contributed by atoms with Crippen molar-refractivity contribution in [3.8, 4) is 0 Å². The molecule has 2 N–H and O–H groups in total. The van der Waals surface area contributed by atoms with Gasteiger partial charge in [0.25, 0.3) is 0 Å². The zero-order chi connectivity index (χ0) is 15.9. The van der Waals surface area contributed by atoms with E-state index in [0.29, 0.717) is 13.1 Å². The number of benzene rings is 1. The molecule has 0 heterocycles. The third-order valence-electron chi connectivity index (χ3n) is 3.89. The number of carbonyl (C=O) groups excluding carboxylic acids is 1. The highest BCUT2D eigenvalue weighted by Gasteiger charge is 2.25. The average Bonchev–Trinajstić information content (AvgIpc) is 2.46. The first-order valence-electron chi connectivity index (χ1n) is 7.60. The van der Waals surface area contributed by atoms with E-state index in [9.17, 15) is 9.90 Å². The Morgan fingerprint density at radius 2 is 1.95 bits per heavy atom. The maximum atomic E-state index is 12.4. The van der Waals surface area contributed by atoms with Crippen molar-refractivity contribution >= 4 is 5.91 Å². The van der Waals surface area contributed by atoms with E-state index in [1.165, 1.54) is 0 Å². The van der Waals surface area contributed by atoms with Gasteiger partial charge in [-0.15, -0.1) is 0 Å². The summed E-state index contributed by atoms with van der Waals surface area (Å²) >= 11 is 0. The van der Waals surface area contributed by atoms with E-state index in [2.05, 4.69) is 12.2 Å². The van der Waals surface area contributed by atoms with Crippen LogP contribution in [0.1, 0.15) is 39.7 Å². The Balaban J connectivity index is 2.73. The van der Waals surface area contributed by atoms with Crippen LogP contribution in [-0.2, 0) is 11.3 Å². The van der Waals surface area contributed by atoms with Gasteiger partial charge >= 0.3 is 0 Å². The Bertz CT molecular complexity index is 432. The minimum absolute atomic E-state index is 0.00577. The van der Waals surface area contributed by atoms with E-state index < -0.39 is 0 Å². The Labute approximate surface area is 128 Å². The van der Waals surface area contributed by atoms with Crippen LogP contribution in [-0.4, -0.2) is 40.6 Å². The Kier molecular flexibility index (Phi) is 6.85. The fourth-order valence-electron chi connectivity index (χ4n) is 2.05. The summed E-state index contributed by atoms with van der Waals surface area (Å²) in [5.41, 5.74) is 0.934. The van der Waals surface area contributed by atoms with Gasteiger partial charge < -0.3 is 10.4 Å². The molecule has 0 saturated heterocycles. The quantitative estimate of drug-likeness (QED) is 0.772. The summed E-state index contributed by atoms with van der Waals surface area (Å²) in [6.45, 7) is 9.16. The highest BCUT2D eigenvalue weighted by Crippen LogP contribution is 2.11. The van der Waals surface area contributed by atoms with Gasteiger partial charge in [-0.2, -0.15) is 0 Å². The van der Waals surface area contributed by atoms with Crippen LogP contribution in [0.15, 0.2) is 30.3 Å². The van der Waals surface area contributed by atoms with Gasteiger partial charge in [-0.05, 0) is 32.8 Å². The number of hydrogen-bond donors (Lipinski definition) is 2. The molecule has 4 heteroatoms. The van der Waals surface area contributed by atoms with Crippen LogP contribution in [0.5, 0.6) is 0 Å². The molecule has 21 heavy (non-hydrogen) atoms. The first-order chi connectivity index (χ1) is 9.89. The molecular weight excluding hydrogens is 264 g/mol. The summed E-state index contributed by atoms with van der Waals surface area (Å²) in [5, 5.41) is 12.3. The molecule has 0 fully saturated rings. The Hall–Kier alpha value is -1.39. The standard InChI is InChI=1S/C17H28N2O2/c1-5-17(3,4)18-16(21)14(2)19(11-12-20)13-15-9-7-6-8-10-15/h6-10,14,20H,5,11-13H2,1-4H3,(H,18,21). The lowest BCUT2D eigenvalue weighted by molar-refractivity contribution is -0.128. The molecule has 0 aliphatic rings. The molecule has 0 spiro atoms. The third kappa shape index (κ3) is 5.86. The number of nitrogens with one attached hydrogen (secondary N) is 1. The van der Waals surface area contributed by atoms with E-state index in [-0.39, 0.29) is 24.1 Å². The van der Waals surface area contributed by atoms with Crippen molar-refractivity contribution in [3.05, 3.63) is 35.9 Å². The monoisotopic (exact) mass is 292 g/mol. The van der Waals surface area contributed by atoms with Crippen molar-refractivity contribution < 1.29 is 9.90 Å². The number of carbonyl (C=O) groups is 1. The fourth-order valence-corrected chi connectivity index (χ4v) is 2.05. The lowest BCUT2D eigenvalue weighted by atomic mass is 10.0. The van der Waals surface area contributed by atoms with Gasteiger partial charge in [0, 0.05) is 18.6 Å². The fraction of sp³-hybridized carbons (Fsp3) is 0.588. The van der Waals surface area contributed by atoms with Crippen LogP contribution in [0.25, 0.3) is 0 Å². The first kappa shape index (κ1) is 17.7. The first-order valence-corrected chi connectivity index (χ1v) is 7.60. The summed E-state index contributed by atoms with van der Waals surface area (Å²) in [4.78, 5) is 14.4. The second-order valence-corrected chi connectivity index (χ2v) is 6.08. The van der Waals surface area contributed by atoms with Crippen LogP contribution in [0.4, 0.5) is 0 Å². The molecule has 4 nitrogen and oxygen atoms in total. The van der Waals surface area contributed by atoms with Crippen LogP contribution >= 0.6 is 0 Å².